The van der Waals surface area contributed by atoms with Crippen LogP contribution in [0.4, 0.5) is 10.8 Å². The molecule has 7 rings (SSSR count). The highest BCUT2D eigenvalue weighted by Gasteiger charge is 2.53. The lowest BCUT2D eigenvalue weighted by Crippen LogP contribution is -2.48. The molecule has 2 aromatic rings. The Hall–Kier alpha value is -1.93. The van der Waals surface area contributed by atoms with Crippen molar-refractivity contribution in [1.29, 1.82) is 0 Å². The number of amides is 2. The van der Waals surface area contributed by atoms with Gasteiger partial charge in [0.1, 0.15) is 5.01 Å². The second kappa shape index (κ2) is 6.54. The van der Waals surface area contributed by atoms with Gasteiger partial charge >= 0.3 is 0 Å². The van der Waals surface area contributed by atoms with Crippen LogP contribution in [0.5, 0.6) is 0 Å². The Balaban J connectivity index is 1.21. The predicted molar refractivity (Wildman–Crippen MR) is 114 cm³/mol. The lowest BCUT2D eigenvalue weighted by atomic mass is 9.50. The summed E-state index contributed by atoms with van der Waals surface area (Å²) in [6.45, 7) is 0. The predicted octanol–water partition coefficient (Wildman–Crippen LogP) is 4.30. The number of carbonyl (C=O) groups excluding carboxylic acids is 2. The second-order valence-electron chi connectivity index (χ2n) is 9.11. The third-order valence-electron chi connectivity index (χ3n) is 7.01. The van der Waals surface area contributed by atoms with Gasteiger partial charge in [0.15, 0.2) is 0 Å². The van der Waals surface area contributed by atoms with Gasteiger partial charge in [-0.3, -0.25) is 14.9 Å². The molecule has 1 aromatic heterocycles. The molecule has 6 nitrogen and oxygen atoms in total. The normalized spacial score (nSPS) is 32.0. The van der Waals surface area contributed by atoms with E-state index in [2.05, 4.69) is 20.8 Å². The molecule has 2 N–H and O–H groups in total. The minimum absolute atomic E-state index is 0.0376. The second-order valence-corrected chi connectivity index (χ2v) is 11.1. The van der Waals surface area contributed by atoms with E-state index < -0.39 is 0 Å². The van der Waals surface area contributed by atoms with Crippen molar-refractivity contribution in [3.63, 3.8) is 0 Å². The first kappa shape index (κ1) is 17.9. The molecule has 150 valence electrons. The number of nitrogens with zero attached hydrogens (tertiary/aromatic N) is 2. The Labute approximate surface area is 177 Å². The fourth-order valence-corrected chi connectivity index (χ4v) is 8.00. The minimum atomic E-state index is -0.217. The fourth-order valence-electron chi connectivity index (χ4n) is 6.25. The van der Waals surface area contributed by atoms with Gasteiger partial charge in [-0.25, -0.2) is 0 Å². The van der Waals surface area contributed by atoms with Crippen LogP contribution < -0.4 is 10.6 Å². The first-order chi connectivity index (χ1) is 14.1. The van der Waals surface area contributed by atoms with Crippen LogP contribution in [0.3, 0.4) is 0 Å². The van der Waals surface area contributed by atoms with E-state index in [4.69, 9.17) is 0 Å². The van der Waals surface area contributed by atoms with Gasteiger partial charge in [-0.15, -0.1) is 22.0 Å². The number of hydrogen-bond donors (Lipinski definition) is 2. The molecule has 29 heavy (non-hydrogen) atoms. The highest BCUT2D eigenvalue weighted by molar-refractivity contribution is 8.00. The molecule has 0 spiro atoms. The average molecular weight is 427 g/mol. The number of aromatic nitrogens is 2. The van der Waals surface area contributed by atoms with Crippen LogP contribution >= 0.6 is 23.1 Å². The average Bonchev–Trinajstić information content (AvgIpc) is 3.16. The highest BCUT2D eigenvalue weighted by Crippen LogP contribution is 2.61. The zero-order chi connectivity index (χ0) is 19.6. The standard InChI is InChI=1S/C21H22N4O2S2/c26-17-10-28-16-2-1-14(6-15(16)22-17)18(27)23-20-25-24-19(29-20)21-7-11-3-12(8-21)5-13(4-11)9-21/h1-2,6,11-13H,3-5,7-10H2,(H,22,26)(H,23,25,27). The molecule has 4 saturated carbocycles. The van der Waals surface area contributed by atoms with E-state index in [-0.39, 0.29) is 17.2 Å². The van der Waals surface area contributed by atoms with E-state index in [1.54, 1.807) is 23.5 Å². The molecular weight excluding hydrogens is 404 g/mol. The molecule has 4 fully saturated rings. The highest BCUT2D eigenvalue weighted by atomic mass is 32.2. The van der Waals surface area contributed by atoms with Crippen molar-refractivity contribution in [2.75, 3.05) is 16.4 Å². The van der Waals surface area contributed by atoms with Gasteiger partial charge in [-0.05, 0) is 74.5 Å². The Morgan fingerprint density at radius 3 is 2.55 bits per heavy atom. The Morgan fingerprint density at radius 2 is 1.83 bits per heavy atom. The largest absolute Gasteiger partial charge is 0.324 e. The Bertz CT molecular complexity index is 983. The summed E-state index contributed by atoms with van der Waals surface area (Å²) in [5.41, 5.74) is 1.41. The van der Waals surface area contributed by atoms with Crippen molar-refractivity contribution >= 4 is 45.7 Å². The minimum Gasteiger partial charge on any atom is -0.324 e. The smallest absolute Gasteiger partial charge is 0.257 e. The van der Waals surface area contributed by atoms with E-state index in [9.17, 15) is 9.59 Å². The quantitative estimate of drug-likeness (QED) is 0.764. The molecule has 4 bridgehead atoms. The third-order valence-corrected chi connectivity index (χ3v) is 9.17. The number of thioether (sulfide) groups is 1. The lowest BCUT2D eigenvalue weighted by Gasteiger charge is -2.55. The molecule has 1 aliphatic heterocycles. The SMILES string of the molecule is O=C1CSc2ccc(C(=O)Nc3nnc(C45CC6CC(CC(C6)C4)C5)s3)cc2N1. The first-order valence-electron chi connectivity index (χ1n) is 10.3. The maximum atomic E-state index is 12.7. The molecular formula is C21H22N4O2S2. The Kier molecular flexibility index (Phi) is 4.03. The van der Waals surface area contributed by atoms with Gasteiger partial charge in [-0.2, -0.15) is 0 Å². The zero-order valence-electron chi connectivity index (χ0n) is 15.9. The number of hydrogen-bond acceptors (Lipinski definition) is 6. The summed E-state index contributed by atoms with van der Waals surface area (Å²) < 4.78 is 0. The molecule has 2 amide bonds. The van der Waals surface area contributed by atoms with E-state index in [1.807, 2.05) is 6.07 Å². The number of nitrogens with one attached hydrogen (secondary N) is 2. The monoisotopic (exact) mass is 426 g/mol. The lowest BCUT2D eigenvalue weighted by molar-refractivity contribution is -0.113. The fraction of sp³-hybridized carbons (Fsp3) is 0.524. The molecule has 8 heteroatoms. The molecule has 0 unspecified atom stereocenters. The van der Waals surface area contributed by atoms with Crippen molar-refractivity contribution in [3.05, 3.63) is 28.8 Å². The van der Waals surface area contributed by atoms with E-state index in [0.29, 0.717) is 22.1 Å². The maximum Gasteiger partial charge on any atom is 0.257 e. The molecule has 0 atom stereocenters. The van der Waals surface area contributed by atoms with Crippen LogP contribution in [-0.2, 0) is 10.2 Å². The maximum absolute atomic E-state index is 12.7. The van der Waals surface area contributed by atoms with Crippen molar-refractivity contribution in [1.82, 2.24) is 10.2 Å². The Morgan fingerprint density at radius 1 is 1.10 bits per heavy atom. The van der Waals surface area contributed by atoms with Crippen LogP contribution in [0.15, 0.2) is 23.1 Å². The third kappa shape index (κ3) is 3.08. The molecule has 5 aliphatic rings. The summed E-state index contributed by atoms with van der Waals surface area (Å²) in [5, 5.41) is 16.3. The number of carbonyl (C=O) groups is 2. The van der Waals surface area contributed by atoms with Crippen molar-refractivity contribution in [3.8, 4) is 0 Å². The topological polar surface area (TPSA) is 84.0 Å². The van der Waals surface area contributed by atoms with Gasteiger partial charge in [0.2, 0.25) is 11.0 Å². The van der Waals surface area contributed by atoms with Crippen molar-refractivity contribution in [2.45, 2.75) is 48.8 Å². The van der Waals surface area contributed by atoms with Gasteiger partial charge in [0.25, 0.3) is 5.91 Å². The molecule has 1 aromatic carbocycles. The van der Waals surface area contributed by atoms with Gasteiger partial charge in [-0.1, -0.05) is 11.3 Å². The summed E-state index contributed by atoms with van der Waals surface area (Å²) in [6, 6.07) is 5.41. The first-order valence-corrected chi connectivity index (χ1v) is 12.1. The molecule has 0 saturated heterocycles. The molecule has 2 heterocycles. The van der Waals surface area contributed by atoms with Gasteiger partial charge < -0.3 is 5.32 Å². The van der Waals surface area contributed by atoms with Gasteiger partial charge in [0, 0.05) is 15.9 Å². The zero-order valence-corrected chi connectivity index (χ0v) is 17.6. The number of benzene rings is 1. The van der Waals surface area contributed by atoms with Crippen LogP contribution in [0.2, 0.25) is 0 Å². The molecule has 4 aliphatic carbocycles. The summed E-state index contributed by atoms with van der Waals surface area (Å²) in [5.74, 6) is 2.72. The van der Waals surface area contributed by atoms with Crippen LogP contribution in [0.25, 0.3) is 0 Å². The summed E-state index contributed by atoms with van der Waals surface area (Å²) in [6.07, 6.45) is 7.91. The number of fused-ring (bicyclic) bond motifs is 1. The number of anilines is 2. The summed E-state index contributed by atoms with van der Waals surface area (Å²) >= 11 is 3.03. The van der Waals surface area contributed by atoms with E-state index in [1.165, 1.54) is 50.3 Å². The van der Waals surface area contributed by atoms with Crippen molar-refractivity contribution in [2.24, 2.45) is 17.8 Å². The summed E-state index contributed by atoms with van der Waals surface area (Å²) in [7, 11) is 0. The molecule has 0 radical (unpaired) electrons. The van der Waals surface area contributed by atoms with Crippen LogP contribution in [0, 0.1) is 17.8 Å². The van der Waals surface area contributed by atoms with E-state index in [0.717, 1.165) is 27.7 Å². The van der Waals surface area contributed by atoms with E-state index >= 15 is 0 Å². The van der Waals surface area contributed by atoms with Crippen LogP contribution in [-0.4, -0.2) is 27.8 Å². The van der Waals surface area contributed by atoms with Gasteiger partial charge in [0.05, 0.1) is 11.4 Å². The van der Waals surface area contributed by atoms with Crippen molar-refractivity contribution < 1.29 is 9.59 Å². The number of rotatable bonds is 3. The van der Waals surface area contributed by atoms with Crippen LogP contribution in [0.1, 0.15) is 53.9 Å². The summed E-state index contributed by atoms with van der Waals surface area (Å²) in [4.78, 5) is 25.3.